The Morgan fingerprint density at radius 3 is 2.50 bits per heavy atom. The van der Waals surface area contributed by atoms with E-state index < -0.39 is 0 Å². The molecule has 2 aromatic rings. The van der Waals surface area contributed by atoms with Crippen molar-refractivity contribution in [2.24, 2.45) is 5.73 Å². The first-order valence-electron chi connectivity index (χ1n) is 5.83. The fourth-order valence-electron chi connectivity index (χ4n) is 1.73. The molecule has 0 amide bonds. The SMILES string of the molecule is CC(N)C(OCc1ccccc1)c1ccc(Br)s1. The maximum absolute atomic E-state index is 6.01. The van der Waals surface area contributed by atoms with Crippen LogP contribution in [0.4, 0.5) is 0 Å². The van der Waals surface area contributed by atoms with Crippen LogP contribution in [0.15, 0.2) is 46.3 Å². The van der Waals surface area contributed by atoms with Crippen LogP contribution in [0.1, 0.15) is 23.5 Å². The second-order valence-corrected chi connectivity index (χ2v) is 6.71. The van der Waals surface area contributed by atoms with Crippen LogP contribution in [0.3, 0.4) is 0 Å². The zero-order valence-corrected chi connectivity index (χ0v) is 12.6. The molecule has 0 fully saturated rings. The van der Waals surface area contributed by atoms with Gasteiger partial charge in [-0.05, 0) is 40.5 Å². The van der Waals surface area contributed by atoms with Crippen LogP contribution >= 0.6 is 27.3 Å². The van der Waals surface area contributed by atoms with Gasteiger partial charge in [-0.1, -0.05) is 30.3 Å². The van der Waals surface area contributed by atoms with Crippen LogP contribution in [-0.2, 0) is 11.3 Å². The molecule has 0 saturated carbocycles. The summed E-state index contributed by atoms with van der Waals surface area (Å²) in [5.74, 6) is 0. The lowest BCUT2D eigenvalue weighted by molar-refractivity contribution is 0.0282. The molecular weight excluding hydrogens is 310 g/mol. The lowest BCUT2D eigenvalue weighted by atomic mass is 10.1. The summed E-state index contributed by atoms with van der Waals surface area (Å²) >= 11 is 5.14. The standard InChI is InChI=1S/C14H16BrNOS/c1-10(16)14(12-7-8-13(15)18-12)17-9-11-5-3-2-4-6-11/h2-8,10,14H,9,16H2,1H3. The molecular formula is C14H16BrNOS. The Labute approximate surface area is 120 Å². The molecule has 0 aliphatic rings. The monoisotopic (exact) mass is 325 g/mol. The smallest absolute Gasteiger partial charge is 0.107 e. The minimum atomic E-state index is -0.0542. The molecule has 0 aliphatic carbocycles. The maximum Gasteiger partial charge on any atom is 0.107 e. The Hall–Kier alpha value is -0.680. The van der Waals surface area contributed by atoms with Gasteiger partial charge in [0.25, 0.3) is 0 Å². The third kappa shape index (κ3) is 3.65. The van der Waals surface area contributed by atoms with E-state index in [1.165, 1.54) is 5.56 Å². The zero-order chi connectivity index (χ0) is 13.0. The number of rotatable bonds is 5. The van der Waals surface area contributed by atoms with E-state index in [2.05, 4.69) is 34.1 Å². The first kappa shape index (κ1) is 13.7. The topological polar surface area (TPSA) is 35.2 Å². The van der Waals surface area contributed by atoms with Gasteiger partial charge in [-0.2, -0.15) is 0 Å². The van der Waals surface area contributed by atoms with Crippen LogP contribution in [0, 0.1) is 0 Å². The minimum absolute atomic E-state index is 0.0285. The van der Waals surface area contributed by atoms with E-state index >= 15 is 0 Å². The Morgan fingerprint density at radius 2 is 1.94 bits per heavy atom. The van der Waals surface area contributed by atoms with Crippen LogP contribution in [0.25, 0.3) is 0 Å². The number of nitrogens with two attached hydrogens (primary N) is 1. The molecule has 0 bridgehead atoms. The van der Waals surface area contributed by atoms with E-state index in [4.69, 9.17) is 10.5 Å². The number of benzene rings is 1. The lowest BCUT2D eigenvalue weighted by Gasteiger charge is -2.20. The van der Waals surface area contributed by atoms with Crippen molar-refractivity contribution < 1.29 is 4.74 Å². The highest BCUT2D eigenvalue weighted by molar-refractivity contribution is 9.11. The summed E-state index contributed by atoms with van der Waals surface area (Å²) in [4.78, 5) is 1.16. The molecule has 0 spiro atoms. The fraction of sp³-hybridized carbons (Fsp3) is 0.286. The Bertz CT molecular complexity index is 484. The average Bonchev–Trinajstić information content (AvgIpc) is 2.77. The highest BCUT2D eigenvalue weighted by atomic mass is 79.9. The Balaban J connectivity index is 2.04. The molecule has 1 aromatic carbocycles. The van der Waals surface area contributed by atoms with Gasteiger partial charge in [-0.15, -0.1) is 11.3 Å². The number of thiophene rings is 1. The first-order chi connectivity index (χ1) is 8.66. The molecule has 0 aliphatic heterocycles. The van der Waals surface area contributed by atoms with Crippen molar-refractivity contribution in [1.29, 1.82) is 0 Å². The second kappa shape index (κ2) is 6.48. The van der Waals surface area contributed by atoms with Gasteiger partial charge in [0.05, 0.1) is 10.4 Å². The molecule has 2 nitrogen and oxygen atoms in total. The third-order valence-electron chi connectivity index (χ3n) is 2.62. The fourth-order valence-corrected chi connectivity index (χ4v) is 3.32. The lowest BCUT2D eigenvalue weighted by Crippen LogP contribution is -2.26. The van der Waals surface area contributed by atoms with Gasteiger partial charge < -0.3 is 10.5 Å². The van der Waals surface area contributed by atoms with Crippen molar-refractivity contribution in [3.63, 3.8) is 0 Å². The largest absolute Gasteiger partial charge is 0.366 e. The van der Waals surface area contributed by atoms with Crippen molar-refractivity contribution in [2.45, 2.75) is 25.7 Å². The van der Waals surface area contributed by atoms with Gasteiger partial charge in [0.15, 0.2) is 0 Å². The Kier molecular flexibility index (Phi) is 4.95. The van der Waals surface area contributed by atoms with Crippen molar-refractivity contribution in [3.8, 4) is 0 Å². The summed E-state index contributed by atoms with van der Waals surface area (Å²) in [6, 6.07) is 14.2. The predicted octanol–water partition coefficient (Wildman–Crippen LogP) is 4.12. The van der Waals surface area contributed by atoms with Gasteiger partial charge in [-0.3, -0.25) is 0 Å². The summed E-state index contributed by atoms with van der Waals surface area (Å²) < 4.78 is 7.06. The summed E-state index contributed by atoms with van der Waals surface area (Å²) in [5.41, 5.74) is 7.17. The zero-order valence-electron chi connectivity index (χ0n) is 10.2. The highest BCUT2D eigenvalue weighted by Gasteiger charge is 2.18. The van der Waals surface area contributed by atoms with Gasteiger partial charge >= 0.3 is 0 Å². The predicted molar refractivity (Wildman–Crippen MR) is 79.6 cm³/mol. The highest BCUT2D eigenvalue weighted by Crippen LogP contribution is 2.31. The van der Waals surface area contributed by atoms with Gasteiger partial charge in [-0.25, -0.2) is 0 Å². The second-order valence-electron chi connectivity index (χ2n) is 4.22. The van der Waals surface area contributed by atoms with E-state index in [1.54, 1.807) is 11.3 Å². The van der Waals surface area contributed by atoms with Crippen LogP contribution in [0.2, 0.25) is 0 Å². The van der Waals surface area contributed by atoms with Crippen molar-refractivity contribution >= 4 is 27.3 Å². The Morgan fingerprint density at radius 1 is 1.22 bits per heavy atom. The molecule has 0 saturated heterocycles. The van der Waals surface area contributed by atoms with E-state index in [9.17, 15) is 0 Å². The molecule has 96 valence electrons. The molecule has 4 heteroatoms. The summed E-state index contributed by atoms with van der Waals surface area (Å²) in [7, 11) is 0. The third-order valence-corrected chi connectivity index (χ3v) is 4.31. The maximum atomic E-state index is 6.01. The molecule has 1 aromatic heterocycles. The number of hydrogen-bond donors (Lipinski definition) is 1. The van der Waals surface area contributed by atoms with Gasteiger partial charge in [0.1, 0.15) is 6.10 Å². The van der Waals surface area contributed by atoms with Gasteiger partial charge in [0.2, 0.25) is 0 Å². The van der Waals surface area contributed by atoms with Crippen LogP contribution < -0.4 is 5.73 Å². The van der Waals surface area contributed by atoms with E-state index in [0.717, 1.165) is 8.66 Å². The van der Waals surface area contributed by atoms with Gasteiger partial charge in [0, 0.05) is 10.9 Å². The van der Waals surface area contributed by atoms with Crippen molar-refractivity contribution in [3.05, 3.63) is 56.7 Å². The van der Waals surface area contributed by atoms with Crippen molar-refractivity contribution in [2.75, 3.05) is 0 Å². The molecule has 2 rings (SSSR count). The molecule has 18 heavy (non-hydrogen) atoms. The average molecular weight is 326 g/mol. The number of hydrogen-bond acceptors (Lipinski definition) is 3. The van der Waals surface area contributed by atoms with E-state index in [0.29, 0.717) is 6.61 Å². The summed E-state index contributed by atoms with van der Waals surface area (Å²) in [5, 5.41) is 0. The van der Waals surface area contributed by atoms with Crippen LogP contribution in [-0.4, -0.2) is 6.04 Å². The van der Waals surface area contributed by atoms with E-state index in [1.807, 2.05) is 31.2 Å². The summed E-state index contributed by atoms with van der Waals surface area (Å²) in [6.45, 7) is 2.56. The molecule has 2 atom stereocenters. The van der Waals surface area contributed by atoms with Crippen LogP contribution in [0.5, 0.6) is 0 Å². The quantitative estimate of drug-likeness (QED) is 0.897. The summed E-state index contributed by atoms with van der Waals surface area (Å²) in [6.07, 6.45) is -0.0542. The molecule has 2 N–H and O–H groups in total. The minimum Gasteiger partial charge on any atom is -0.366 e. The normalized spacial score (nSPS) is 14.4. The molecule has 0 radical (unpaired) electrons. The first-order valence-corrected chi connectivity index (χ1v) is 7.44. The molecule has 1 heterocycles. The van der Waals surface area contributed by atoms with Crippen molar-refractivity contribution in [1.82, 2.24) is 0 Å². The number of ether oxygens (including phenoxy) is 1. The molecule has 2 unspecified atom stereocenters. The number of halogens is 1. The van der Waals surface area contributed by atoms with E-state index in [-0.39, 0.29) is 12.1 Å².